The molecule has 2 rings (SSSR count). The van der Waals surface area contributed by atoms with E-state index >= 15 is 0 Å². The molecule has 2 N–H and O–H groups in total. The quantitative estimate of drug-likeness (QED) is 0.455. The lowest BCUT2D eigenvalue weighted by Gasteiger charge is -2.22. The molecule has 1 saturated carbocycles. The minimum atomic E-state index is -1.16. The summed E-state index contributed by atoms with van der Waals surface area (Å²) in [5, 5.41) is 8.87. The topological polar surface area (TPSA) is 119 Å². The van der Waals surface area contributed by atoms with Crippen molar-refractivity contribution in [1.82, 2.24) is 20.4 Å². The first kappa shape index (κ1) is 19.6. The van der Waals surface area contributed by atoms with Gasteiger partial charge in [-0.15, -0.1) is 0 Å². The second-order valence-corrected chi connectivity index (χ2v) is 6.43. The number of imide groups is 1. The number of amides is 3. The van der Waals surface area contributed by atoms with Crippen LogP contribution < -0.4 is 10.6 Å². The third-order valence-corrected chi connectivity index (χ3v) is 4.45. The fourth-order valence-electron chi connectivity index (χ4n) is 3.03. The summed E-state index contributed by atoms with van der Waals surface area (Å²) >= 11 is 0. The predicted octanol–water partition coefficient (Wildman–Crippen LogP) is 0.921. The van der Waals surface area contributed by atoms with Crippen LogP contribution in [0.5, 0.6) is 0 Å². The Morgan fingerprint density at radius 1 is 1.15 bits per heavy atom. The first-order chi connectivity index (χ1) is 12.3. The minimum Gasteiger partial charge on any atom is -0.450 e. The Hall–Kier alpha value is -2.71. The van der Waals surface area contributed by atoms with Crippen LogP contribution in [0.4, 0.5) is 4.79 Å². The second-order valence-electron chi connectivity index (χ2n) is 6.43. The molecule has 1 aromatic rings. The van der Waals surface area contributed by atoms with Crippen molar-refractivity contribution >= 4 is 23.7 Å². The van der Waals surface area contributed by atoms with Crippen LogP contribution in [0, 0.1) is 13.8 Å². The van der Waals surface area contributed by atoms with Gasteiger partial charge < -0.3 is 10.1 Å². The van der Waals surface area contributed by atoms with E-state index in [4.69, 9.17) is 4.74 Å². The summed E-state index contributed by atoms with van der Waals surface area (Å²) in [6, 6.07) is -0.569. The van der Waals surface area contributed by atoms with Crippen LogP contribution in [0.25, 0.3) is 0 Å². The maximum Gasteiger partial charge on any atom is 0.380 e. The van der Waals surface area contributed by atoms with E-state index in [0.717, 1.165) is 32.1 Å². The highest BCUT2D eigenvalue weighted by Gasteiger charge is 2.26. The highest BCUT2D eigenvalue weighted by Crippen LogP contribution is 2.17. The van der Waals surface area contributed by atoms with Crippen LogP contribution >= 0.6 is 0 Å². The second kappa shape index (κ2) is 8.59. The van der Waals surface area contributed by atoms with Crippen molar-refractivity contribution in [3.8, 4) is 0 Å². The van der Waals surface area contributed by atoms with E-state index in [1.807, 2.05) is 0 Å². The van der Waals surface area contributed by atoms with Crippen molar-refractivity contribution in [3.05, 3.63) is 17.0 Å². The van der Waals surface area contributed by atoms with Crippen LogP contribution in [0.2, 0.25) is 0 Å². The number of ketones is 1. The van der Waals surface area contributed by atoms with E-state index in [-0.39, 0.29) is 11.6 Å². The first-order valence-electron chi connectivity index (χ1n) is 8.61. The normalized spacial score (nSPS) is 14.6. The van der Waals surface area contributed by atoms with Crippen LogP contribution in [0.3, 0.4) is 0 Å². The van der Waals surface area contributed by atoms with Crippen LogP contribution in [-0.4, -0.2) is 46.1 Å². The fraction of sp³-hybridized carbons (Fsp3) is 0.588. The number of carbonyl (C=O) groups excluding carboxylic acids is 4. The number of esters is 1. The van der Waals surface area contributed by atoms with Gasteiger partial charge in [-0.25, -0.2) is 9.59 Å². The fourth-order valence-corrected chi connectivity index (χ4v) is 3.03. The molecule has 0 atom stereocenters. The highest BCUT2D eigenvalue weighted by atomic mass is 16.5. The molecule has 1 aliphatic carbocycles. The smallest absolute Gasteiger partial charge is 0.380 e. The van der Waals surface area contributed by atoms with E-state index in [9.17, 15) is 19.2 Å². The summed E-state index contributed by atoms with van der Waals surface area (Å²) in [4.78, 5) is 47.5. The summed E-state index contributed by atoms with van der Waals surface area (Å²) in [5.74, 6) is -2.82. The number of nitrogens with zero attached hydrogens (tertiary/aromatic N) is 2. The molecule has 1 heterocycles. The standard InChI is InChI=1S/C17H24N4O5/c1-10-14(11(2)21(3)20-10)15(23)16(24)26-9-13(22)19-17(25)18-12-7-5-4-6-8-12/h12H,4-9H2,1-3H3,(H2,18,19,22,25). The maximum atomic E-state index is 12.2. The lowest BCUT2D eigenvalue weighted by Crippen LogP contribution is -2.46. The van der Waals surface area contributed by atoms with E-state index in [2.05, 4.69) is 15.7 Å². The predicted molar refractivity (Wildman–Crippen MR) is 91.5 cm³/mol. The largest absolute Gasteiger partial charge is 0.450 e. The van der Waals surface area contributed by atoms with Gasteiger partial charge in [0.05, 0.1) is 11.3 Å². The molecule has 1 fully saturated rings. The third kappa shape index (κ3) is 4.90. The molecule has 0 aliphatic heterocycles. The molecule has 0 bridgehead atoms. The summed E-state index contributed by atoms with van der Waals surface area (Å²) in [5.41, 5.74) is 1.09. The lowest BCUT2D eigenvalue weighted by molar-refractivity contribution is -0.143. The van der Waals surface area contributed by atoms with Gasteiger partial charge in [0.25, 0.3) is 11.7 Å². The average molecular weight is 364 g/mol. The molecule has 3 amide bonds. The Bertz CT molecular complexity index is 719. The number of aryl methyl sites for hydroxylation is 2. The van der Waals surface area contributed by atoms with Gasteiger partial charge >= 0.3 is 12.0 Å². The number of hydrogen-bond donors (Lipinski definition) is 2. The van der Waals surface area contributed by atoms with Crippen LogP contribution in [-0.2, 0) is 21.4 Å². The van der Waals surface area contributed by atoms with Gasteiger partial charge in [-0.1, -0.05) is 19.3 Å². The van der Waals surface area contributed by atoms with E-state index in [1.165, 1.54) is 4.68 Å². The number of urea groups is 1. The SMILES string of the molecule is Cc1nn(C)c(C)c1C(=O)C(=O)OCC(=O)NC(=O)NC1CCCCC1. The summed E-state index contributed by atoms with van der Waals surface area (Å²) in [6.45, 7) is 2.56. The summed E-state index contributed by atoms with van der Waals surface area (Å²) in [7, 11) is 1.66. The highest BCUT2D eigenvalue weighted by molar-refractivity contribution is 6.41. The molecule has 1 aliphatic rings. The molecule has 1 aromatic heterocycles. The number of ether oxygens (including phenoxy) is 1. The van der Waals surface area contributed by atoms with Crippen molar-refractivity contribution in [1.29, 1.82) is 0 Å². The molecule has 0 aromatic carbocycles. The third-order valence-electron chi connectivity index (χ3n) is 4.45. The maximum absolute atomic E-state index is 12.2. The van der Waals surface area contributed by atoms with Crippen molar-refractivity contribution in [2.24, 2.45) is 7.05 Å². The van der Waals surface area contributed by atoms with Gasteiger partial charge in [-0.2, -0.15) is 5.10 Å². The molecule has 0 unspecified atom stereocenters. The van der Waals surface area contributed by atoms with E-state index in [0.29, 0.717) is 11.4 Å². The molecular formula is C17H24N4O5. The zero-order chi connectivity index (χ0) is 19.3. The molecule has 9 nitrogen and oxygen atoms in total. The Morgan fingerprint density at radius 2 is 1.81 bits per heavy atom. The Balaban J connectivity index is 1.79. The molecule has 26 heavy (non-hydrogen) atoms. The average Bonchev–Trinajstić information content (AvgIpc) is 2.85. The van der Waals surface area contributed by atoms with E-state index in [1.54, 1.807) is 20.9 Å². The number of rotatable bonds is 5. The molecule has 9 heteroatoms. The van der Waals surface area contributed by atoms with Gasteiger partial charge in [-0.3, -0.25) is 19.6 Å². The van der Waals surface area contributed by atoms with Gasteiger partial charge in [0.2, 0.25) is 0 Å². The Labute approximate surface area is 151 Å². The zero-order valence-electron chi connectivity index (χ0n) is 15.3. The van der Waals surface area contributed by atoms with Gasteiger partial charge in [0, 0.05) is 18.8 Å². The molecular weight excluding hydrogens is 340 g/mol. The molecule has 142 valence electrons. The van der Waals surface area contributed by atoms with Gasteiger partial charge in [0.15, 0.2) is 6.61 Å². The summed E-state index contributed by atoms with van der Waals surface area (Å²) in [6.07, 6.45) is 5.01. The van der Waals surface area contributed by atoms with Crippen LogP contribution in [0.1, 0.15) is 53.8 Å². The number of Topliss-reactive ketones (excluding diaryl/α,β-unsaturated/α-hetero) is 1. The minimum absolute atomic E-state index is 0.0530. The van der Waals surface area contributed by atoms with Crippen molar-refractivity contribution in [2.45, 2.75) is 52.0 Å². The first-order valence-corrected chi connectivity index (χ1v) is 8.61. The Kier molecular flexibility index (Phi) is 6.48. The molecule has 0 spiro atoms. The van der Waals surface area contributed by atoms with Gasteiger partial charge in [0.1, 0.15) is 0 Å². The Morgan fingerprint density at radius 3 is 2.38 bits per heavy atom. The summed E-state index contributed by atoms with van der Waals surface area (Å²) < 4.78 is 6.20. The lowest BCUT2D eigenvalue weighted by atomic mass is 9.96. The number of hydrogen-bond acceptors (Lipinski definition) is 6. The zero-order valence-corrected chi connectivity index (χ0v) is 15.3. The van der Waals surface area contributed by atoms with Crippen molar-refractivity contribution in [2.75, 3.05) is 6.61 Å². The van der Waals surface area contributed by atoms with Gasteiger partial charge in [-0.05, 0) is 26.7 Å². The molecule has 0 saturated heterocycles. The van der Waals surface area contributed by atoms with Crippen molar-refractivity contribution in [3.63, 3.8) is 0 Å². The number of carbonyl (C=O) groups is 4. The number of nitrogens with one attached hydrogen (secondary N) is 2. The monoisotopic (exact) mass is 364 g/mol. The number of aromatic nitrogens is 2. The van der Waals surface area contributed by atoms with Crippen molar-refractivity contribution < 1.29 is 23.9 Å². The molecule has 0 radical (unpaired) electrons. The van der Waals surface area contributed by atoms with E-state index < -0.39 is 30.3 Å². The van der Waals surface area contributed by atoms with Crippen LogP contribution in [0.15, 0.2) is 0 Å².